The SMILES string of the molecule is CCCC(C)CC(O)C1(OC)CCCC(C)C1. The van der Waals surface area contributed by atoms with E-state index in [-0.39, 0.29) is 11.7 Å². The zero-order chi connectivity index (χ0) is 12.9. The molecule has 4 unspecified atom stereocenters. The van der Waals surface area contributed by atoms with Gasteiger partial charge in [0.25, 0.3) is 0 Å². The molecule has 102 valence electrons. The molecule has 0 aromatic carbocycles. The van der Waals surface area contributed by atoms with Gasteiger partial charge in [-0.25, -0.2) is 0 Å². The predicted molar refractivity (Wildman–Crippen MR) is 72.1 cm³/mol. The quantitative estimate of drug-likeness (QED) is 0.768. The summed E-state index contributed by atoms with van der Waals surface area (Å²) in [5, 5.41) is 10.5. The number of rotatable bonds is 6. The highest BCUT2D eigenvalue weighted by atomic mass is 16.5. The topological polar surface area (TPSA) is 29.5 Å². The molecule has 0 amide bonds. The van der Waals surface area contributed by atoms with Crippen LogP contribution in [0, 0.1) is 11.8 Å². The van der Waals surface area contributed by atoms with E-state index < -0.39 is 0 Å². The Morgan fingerprint density at radius 3 is 2.71 bits per heavy atom. The second-order valence-corrected chi connectivity index (χ2v) is 6.12. The maximum atomic E-state index is 10.5. The van der Waals surface area contributed by atoms with Crippen molar-refractivity contribution in [2.24, 2.45) is 11.8 Å². The standard InChI is InChI=1S/C15H30O2/c1-5-7-12(2)10-14(16)15(17-4)9-6-8-13(3)11-15/h12-14,16H,5-11H2,1-4H3. The molecule has 17 heavy (non-hydrogen) atoms. The number of ether oxygens (including phenoxy) is 1. The smallest absolute Gasteiger partial charge is 0.0939 e. The van der Waals surface area contributed by atoms with Gasteiger partial charge in [0.15, 0.2) is 0 Å². The van der Waals surface area contributed by atoms with Gasteiger partial charge < -0.3 is 9.84 Å². The lowest BCUT2D eigenvalue weighted by Gasteiger charge is -2.43. The first-order valence-corrected chi connectivity index (χ1v) is 7.27. The molecule has 0 aliphatic heterocycles. The van der Waals surface area contributed by atoms with Crippen molar-refractivity contribution in [2.45, 2.75) is 77.4 Å². The van der Waals surface area contributed by atoms with Gasteiger partial charge in [-0.1, -0.05) is 46.5 Å². The van der Waals surface area contributed by atoms with Gasteiger partial charge in [0, 0.05) is 7.11 Å². The summed E-state index contributed by atoms with van der Waals surface area (Å²) in [6.45, 7) is 6.72. The molecule has 2 heteroatoms. The van der Waals surface area contributed by atoms with Gasteiger partial charge in [0.05, 0.1) is 11.7 Å². The highest BCUT2D eigenvalue weighted by molar-refractivity contribution is 4.93. The highest BCUT2D eigenvalue weighted by Gasteiger charge is 2.41. The van der Waals surface area contributed by atoms with E-state index in [1.807, 2.05) is 0 Å². The molecule has 0 aromatic heterocycles. The second kappa shape index (κ2) is 6.75. The molecule has 0 heterocycles. The van der Waals surface area contributed by atoms with E-state index in [0.717, 1.165) is 19.3 Å². The van der Waals surface area contributed by atoms with Crippen molar-refractivity contribution in [3.63, 3.8) is 0 Å². The maximum Gasteiger partial charge on any atom is 0.0939 e. The Morgan fingerprint density at radius 1 is 1.47 bits per heavy atom. The first-order chi connectivity index (χ1) is 8.04. The van der Waals surface area contributed by atoms with E-state index >= 15 is 0 Å². The molecule has 1 aliphatic carbocycles. The summed E-state index contributed by atoms with van der Waals surface area (Å²) in [5.41, 5.74) is -0.264. The fraction of sp³-hybridized carbons (Fsp3) is 1.00. The van der Waals surface area contributed by atoms with Crippen molar-refractivity contribution in [3.8, 4) is 0 Å². The van der Waals surface area contributed by atoms with Crippen LogP contribution in [0.15, 0.2) is 0 Å². The first kappa shape index (κ1) is 15.0. The minimum absolute atomic E-state index is 0.264. The van der Waals surface area contributed by atoms with Gasteiger partial charge >= 0.3 is 0 Å². The van der Waals surface area contributed by atoms with Gasteiger partial charge in [-0.3, -0.25) is 0 Å². The summed E-state index contributed by atoms with van der Waals surface area (Å²) in [7, 11) is 1.77. The Labute approximate surface area is 107 Å². The predicted octanol–water partition coefficient (Wildman–Crippen LogP) is 3.77. The minimum atomic E-state index is -0.295. The fourth-order valence-electron chi connectivity index (χ4n) is 3.37. The molecule has 4 atom stereocenters. The molecule has 0 bridgehead atoms. The van der Waals surface area contributed by atoms with E-state index in [4.69, 9.17) is 4.74 Å². The first-order valence-electron chi connectivity index (χ1n) is 7.27. The van der Waals surface area contributed by atoms with E-state index in [9.17, 15) is 5.11 Å². The molecule has 0 spiro atoms. The summed E-state index contributed by atoms with van der Waals surface area (Å²) in [6.07, 6.45) is 7.50. The summed E-state index contributed by atoms with van der Waals surface area (Å²) in [4.78, 5) is 0. The molecule has 0 saturated heterocycles. The van der Waals surface area contributed by atoms with Crippen LogP contribution in [-0.4, -0.2) is 23.9 Å². The molecule has 0 radical (unpaired) electrons. The Hall–Kier alpha value is -0.0800. The number of methoxy groups -OCH3 is 1. The van der Waals surface area contributed by atoms with Crippen LogP contribution in [0.1, 0.15) is 65.7 Å². The van der Waals surface area contributed by atoms with Crippen LogP contribution in [0.2, 0.25) is 0 Å². The van der Waals surface area contributed by atoms with E-state index in [0.29, 0.717) is 11.8 Å². The molecular formula is C15H30O2. The van der Waals surface area contributed by atoms with Gasteiger partial charge in [-0.05, 0) is 31.1 Å². The van der Waals surface area contributed by atoms with Crippen LogP contribution >= 0.6 is 0 Å². The number of hydrogen-bond acceptors (Lipinski definition) is 2. The van der Waals surface area contributed by atoms with Crippen LogP contribution in [0.25, 0.3) is 0 Å². The average molecular weight is 242 g/mol. The summed E-state index contributed by atoms with van der Waals surface area (Å²) >= 11 is 0. The normalized spacial score (nSPS) is 33.4. The maximum absolute atomic E-state index is 10.5. The highest BCUT2D eigenvalue weighted by Crippen LogP contribution is 2.39. The Morgan fingerprint density at radius 2 is 2.18 bits per heavy atom. The van der Waals surface area contributed by atoms with Crippen LogP contribution < -0.4 is 0 Å². The van der Waals surface area contributed by atoms with Crippen molar-refractivity contribution in [3.05, 3.63) is 0 Å². The summed E-state index contributed by atoms with van der Waals surface area (Å²) in [5.74, 6) is 1.28. The van der Waals surface area contributed by atoms with E-state index in [1.54, 1.807) is 7.11 Å². The second-order valence-electron chi connectivity index (χ2n) is 6.12. The number of aliphatic hydroxyl groups excluding tert-OH is 1. The van der Waals surface area contributed by atoms with Gasteiger partial charge in [0.1, 0.15) is 0 Å². The average Bonchev–Trinajstić information content (AvgIpc) is 2.29. The van der Waals surface area contributed by atoms with Crippen molar-refractivity contribution in [2.75, 3.05) is 7.11 Å². The number of hydrogen-bond donors (Lipinski definition) is 1. The lowest BCUT2D eigenvalue weighted by molar-refractivity contribution is -0.137. The lowest BCUT2D eigenvalue weighted by atomic mass is 9.73. The molecule has 0 aromatic rings. The summed E-state index contributed by atoms with van der Waals surface area (Å²) < 4.78 is 5.74. The van der Waals surface area contributed by atoms with Gasteiger partial charge in [-0.15, -0.1) is 0 Å². The van der Waals surface area contributed by atoms with Gasteiger partial charge in [0.2, 0.25) is 0 Å². The summed E-state index contributed by atoms with van der Waals surface area (Å²) in [6, 6.07) is 0. The zero-order valence-corrected chi connectivity index (χ0v) is 12.0. The third kappa shape index (κ3) is 3.96. The van der Waals surface area contributed by atoms with Crippen molar-refractivity contribution >= 4 is 0 Å². The Kier molecular flexibility index (Phi) is 5.94. The largest absolute Gasteiger partial charge is 0.390 e. The third-order valence-corrected chi connectivity index (χ3v) is 4.41. The van der Waals surface area contributed by atoms with Crippen LogP contribution in [0.4, 0.5) is 0 Å². The van der Waals surface area contributed by atoms with Crippen LogP contribution in [0.5, 0.6) is 0 Å². The molecule has 1 aliphatic rings. The molecule has 1 rings (SSSR count). The molecule has 1 saturated carbocycles. The monoisotopic (exact) mass is 242 g/mol. The Bertz CT molecular complexity index is 217. The van der Waals surface area contributed by atoms with Crippen molar-refractivity contribution in [1.29, 1.82) is 0 Å². The van der Waals surface area contributed by atoms with Crippen LogP contribution in [0.3, 0.4) is 0 Å². The third-order valence-electron chi connectivity index (χ3n) is 4.41. The van der Waals surface area contributed by atoms with Crippen molar-refractivity contribution < 1.29 is 9.84 Å². The molecule has 1 fully saturated rings. The molecular weight excluding hydrogens is 212 g/mol. The zero-order valence-electron chi connectivity index (χ0n) is 12.0. The molecule has 1 N–H and O–H groups in total. The molecule has 2 nitrogen and oxygen atoms in total. The number of aliphatic hydroxyl groups is 1. The Balaban J connectivity index is 2.58. The lowest BCUT2D eigenvalue weighted by Crippen LogP contribution is -2.48. The van der Waals surface area contributed by atoms with Gasteiger partial charge in [-0.2, -0.15) is 0 Å². The van der Waals surface area contributed by atoms with Crippen molar-refractivity contribution in [1.82, 2.24) is 0 Å². The van der Waals surface area contributed by atoms with E-state index in [1.165, 1.54) is 25.7 Å². The van der Waals surface area contributed by atoms with Crippen LogP contribution in [-0.2, 0) is 4.74 Å². The van der Waals surface area contributed by atoms with E-state index in [2.05, 4.69) is 20.8 Å². The minimum Gasteiger partial charge on any atom is -0.390 e. The fourth-order valence-corrected chi connectivity index (χ4v) is 3.37.